The summed E-state index contributed by atoms with van der Waals surface area (Å²) in [5.41, 5.74) is 2.30. The standard InChI is InChI=1S/C25H28BrF2N5O4S.C25H28ClF2N5O4S/c2*1-3-37-25(36)21-19(12-33-10-15(28)8-16(33)11-32(2)13-20(34)35)30-23(24-29-6-7-38-24)31-22(21)17-5-4-14(27)9-18(17)26/h2*4-7,9,15-16,22H,3,8,10-13H2,1-2H3,(H,30,31)(H,34,35). The van der Waals surface area contributed by atoms with Gasteiger partial charge in [0.25, 0.3) is 0 Å². The van der Waals surface area contributed by atoms with E-state index in [1.807, 2.05) is 9.80 Å². The highest BCUT2D eigenvalue weighted by atomic mass is 79.9. The smallest absolute Gasteiger partial charge is 0.338 e. The maximum Gasteiger partial charge on any atom is 0.338 e. The number of rotatable bonds is 20. The third-order valence-electron chi connectivity index (χ3n) is 12.6. The number of aliphatic carboxylic acids is 2. The van der Waals surface area contributed by atoms with Crippen LogP contribution in [0.5, 0.6) is 0 Å². The quantitative estimate of drug-likeness (QED) is 0.0538. The fraction of sp³-hybridized carbons (Fsp3) is 0.440. The van der Waals surface area contributed by atoms with Gasteiger partial charge in [0.1, 0.15) is 36.1 Å². The number of carboxylic acid groups (broad SMARTS) is 2. The molecule has 18 nitrogen and oxygen atoms in total. The van der Waals surface area contributed by atoms with Crippen molar-refractivity contribution in [3.63, 3.8) is 0 Å². The first-order valence-corrected chi connectivity index (χ1v) is 27.0. The van der Waals surface area contributed by atoms with E-state index in [9.17, 15) is 36.7 Å². The summed E-state index contributed by atoms with van der Waals surface area (Å²) < 4.78 is 68.2. The van der Waals surface area contributed by atoms with Crippen LogP contribution in [-0.4, -0.2) is 179 Å². The molecule has 0 saturated carbocycles. The van der Waals surface area contributed by atoms with Gasteiger partial charge in [-0.3, -0.25) is 39.2 Å². The van der Waals surface area contributed by atoms with Gasteiger partial charge in [-0.2, -0.15) is 0 Å². The highest BCUT2D eigenvalue weighted by Crippen LogP contribution is 2.40. The van der Waals surface area contributed by atoms with Crippen LogP contribution in [0.2, 0.25) is 5.02 Å². The van der Waals surface area contributed by atoms with Crippen molar-refractivity contribution in [2.24, 2.45) is 9.98 Å². The van der Waals surface area contributed by atoms with Crippen molar-refractivity contribution in [3.8, 4) is 0 Å². The lowest BCUT2D eigenvalue weighted by atomic mass is 9.95. The molecule has 0 spiro atoms. The second kappa shape index (κ2) is 26.6. The molecule has 4 aliphatic heterocycles. The molecule has 0 amide bonds. The van der Waals surface area contributed by atoms with Crippen LogP contribution in [0, 0.1) is 11.6 Å². The van der Waals surface area contributed by atoms with Crippen molar-refractivity contribution < 1.29 is 56.4 Å². The largest absolute Gasteiger partial charge is 0.480 e. The van der Waals surface area contributed by atoms with Crippen LogP contribution in [0.3, 0.4) is 0 Å². The molecule has 0 aliphatic carbocycles. The zero-order valence-corrected chi connectivity index (χ0v) is 45.7. The van der Waals surface area contributed by atoms with Gasteiger partial charge in [0, 0.05) is 101 Å². The fourth-order valence-corrected chi connectivity index (χ4v) is 11.5. The van der Waals surface area contributed by atoms with E-state index in [0.29, 0.717) is 61.8 Å². The Kier molecular flexibility index (Phi) is 20.3. The van der Waals surface area contributed by atoms with Gasteiger partial charge < -0.3 is 30.3 Å². The number of hydrogen-bond acceptors (Lipinski definition) is 18. The number of nitrogens with zero attached hydrogens (tertiary/aromatic N) is 8. The van der Waals surface area contributed by atoms with Crippen molar-refractivity contribution in [1.29, 1.82) is 0 Å². The number of likely N-dealkylation sites (N-methyl/N-ethyl adjacent to an activating group) is 2. The van der Waals surface area contributed by atoms with Crippen LogP contribution in [0.25, 0.3) is 0 Å². The van der Waals surface area contributed by atoms with E-state index in [0.717, 1.165) is 6.07 Å². The summed E-state index contributed by atoms with van der Waals surface area (Å²) in [6.45, 7) is 4.49. The van der Waals surface area contributed by atoms with Crippen molar-refractivity contribution in [2.75, 3.05) is 79.7 Å². The highest BCUT2D eigenvalue weighted by molar-refractivity contribution is 9.10. The summed E-state index contributed by atoms with van der Waals surface area (Å²) >= 11 is 12.5. The van der Waals surface area contributed by atoms with Crippen LogP contribution in [-0.2, 0) is 28.7 Å². The number of aliphatic imine (C=N–C) groups is 2. The Morgan fingerprint density at radius 1 is 0.737 bits per heavy atom. The average molecular weight is 1180 g/mol. The maximum absolute atomic E-state index is 14.6. The van der Waals surface area contributed by atoms with E-state index in [4.69, 9.17) is 41.3 Å². The third-order valence-corrected chi connectivity index (χ3v) is 15.1. The highest BCUT2D eigenvalue weighted by Gasteiger charge is 2.41. The molecule has 6 heterocycles. The first kappa shape index (κ1) is 58.0. The van der Waals surface area contributed by atoms with E-state index in [-0.39, 0.29) is 93.6 Å². The van der Waals surface area contributed by atoms with E-state index < -0.39 is 59.9 Å². The number of carboxylic acids is 2. The number of carbonyl (C=O) groups is 4. The van der Waals surface area contributed by atoms with Gasteiger partial charge in [0.05, 0.1) is 37.4 Å². The first-order valence-electron chi connectivity index (χ1n) is 24.1. The predicted octanol–water partition coefficient (Wildman–Crippen LogP) is 6.65. The normalized spacial score (nSPS) is 21.9. The Hall–Kier alpha value is -5.67. The second-order valence-electron chi connectivity index (χ2n) is 18.3. The molecule has 2 aromatic carbocycles. The van der Waals surface area contributed by atoms with Crippen LogP contribution >= 0.6 is 50.2 Å². The molecule has 6 atom stereocenters. The minimum Gasteiger partial charge on any atom is -0.480 e. The van der Waals surface area contributed by atoms with Crippen LogP contribution in [0.1, 0.15) is 59.9 Å². The molecule has 6 unspecified atom stereocenters. The summed E-state index contributed by atoms with van der Waals surface area (Å²) in [6.07, 6.45) is 1.53. The lowest BCUT2D eigenvalue weighted by Gasteiger charge is -2.32. The molecule has 2 fully saturated rings. The molecule has 2 saturated heterocycles. The number of esters is 2. The molecule has 4 aromatic rings. The molecular weight excluding hydrogens is 1120 g/mol. The number of hydrogen-bond donors (Lipinski definition) is 4. The molecule has 4 aliphatic rings. The monoisotopic (exact) mass is 1180 g/mol. The van der Waals surface area contributed by atoms with E-state index in [1.54, 1.807) is 67.0 Å². The molecule has 408 valence electrons. The van der Waals surface area contributed by atoms with Crippen LogP contribution in [0.15, 0.2) is 96.5 Å². The number of likely N-dealkylation sites (tertiary alicyclic amines) is 2. The summed E-state index contributed by atoms with van der Waals surface area (Å²) in [5.74, 6) is -3.31. The Balaban J connectivity index is 0.000000221. The Labute approximate surface area is 457 Å². The number of thiazole rings is 2. The summed E-state index contributed by atoms with van der Waals surface area (Å²) in [5, 5.41) is 29.6. The zero-order valence-electron chi connectivity index (χ0n) is 41.7. The molecule has 26 heteroatoms. The Bertz CT molecular complexity index is 2680. The number of carbonyl (C=O) groups excluding carboxylic acids is 2. The summed E-state index contributed by atoms with van der Waals surface area (Å²) in [6, 6.07) is 5.72. The lowest BCUT2D eigenvalue weighted by molar-refractivity contribution is -0.139. The molecule has 8 rings (SSSR count). The van der Waals surface area contributed by atoms with E-state index in [2.05, 4.69) is 36.5 Å². The molecule has 2 aromatic heterocycles. The average Bonchev–Trinajstić information content (AvgIpc) is 4.20. The fourth-order valence-electron chi connectivity index (χ4n) is 9.46. The summed E-state index contributed by atoms with van der Waals surface area (Å²) in [7, 11) is 3.34. The minimum absolute atomic E-state index is 0.0958. The summed E-state index contributed by atoms with van der Waals surface area (Å²) in [4.78, 5) is 74.1. The van der Waals surface area contributed by atoms with Gasteiger partial charge in [-0.25, -0.2) is 37.1 Å². The number of ether oxygens (including phenoxy) is 2. The predicted molar refractivity (Wildman–Crippen MR) is 282 cm³/mol. The van der Waals surface area contributed by atoms with E-state index in [1.165, 1.54) is 46.9 Å². The molecule has 76 heavy (non-hydrogen) atoms. The van der Waals surface area contributed by atoms with Gasteiger partial charge in [0.2, 0.25) is 0 Å². The number of aromatic nitrogens is 2. The van der Waals surface area contributed by atoms with Gasteiger partial charge >= 0.3 is 23.9 Å². The SMILES string of the molecule is CCOC(=O)C1=C(CN2CC(F)CC2CN(C)CC(=O)O)NC(c2nccs2)=NC1c1ccc(F)cc1Br.CCOC(=O)C1=C(CN2CC(F)CC2CN(C)CC(=O)O)NC(c2nccs2)=NC1c1ccc(F)cc1Cl. The van der Waals surface area contributed by atoms with Gasteiger partial charge in [0.15, 0.2) is 21.7 Å². The zero-order chi connectivity index (χ0) is 54.8. The number of nitrogens with one attached hydrogen (secondary N) is 2. The minimum atomic E-state index is -1.11. The van der Waals surface area contributed by atoms with Crippen molar-refractivity contribution in [1.82, 2.24) is 40.2 Å². The number of alkyl halides is 2. The van der Waals surface area contributed by atoms with Crippen molar-refractivity contribution in [2.45, 2.75) is 63.2 Å². The van der Waals surface area contributed by atoms with Crippen molar-refractivity contribution >= 4 is 85.8 Å². The van der Waals surface area contributed by atoms with Gasteiger partial charge in [-0.15, -0.1) is 22.7 Å². The topological polar surface area (TPSA) is 215 Å². The Morgan fingerprint density at radius 3 is 1.57 bits per heavy atom. The van der Waals surface area contributed by atoms with Gasteiger partial charge in [-0.05, 0) is 70.6 Å². The van der Waals surface area contributed by atoms with Gasteiger partial charge in [-0.1, -0.05) is 39.7 Å². The molecule has 0 radical (unpaired) electrons. The van der Waals surface area contributed by atoms with E-state index >= 15 is 0 Å². The first-order chi connectivity index (χ1) is 36.3. The van der Waals surface area contributed by atoms with Crippen LogP contribution < -0.4 is 10.6 Å². The van der Waals surface area contributed by atoms with Crippen LogP contribution in [0.4, 0.5) is 17.6 Å². The number of halogens is 6. The van der Waals surface area contributed by atoms with Crippen molar-refractivity contribution in [3.05, 3.63) is 124 Å². The number of amidine groups is 2. The Morgan fingerprint density at radius 2 is 1.17 bits per heavy atom. The maximum atomic E-state index is 14.6. The second-order valence-corrected chi connectivity index (χ2v) is 21.3. The lowest BCUT2D eigenvalue weighted by Crippen LogP contribution is -2.44. The molecule has 4 N–H and O–H groups in total. The molecular formula is C50H56BrClF4N10O8S2. The molecule has 0 bridgehead atoms. The number of benzene rings is 2. The third kappa shape index (κ3) is 14.9.